The number of carbonyl (C=O) groups is 4. The number of hydrogen-bond acceptors (Lipinski definition) is 8. The van der Waals surface area contributed by atoms with Crippen LogP contribution in [0, 0.1) is 27.1 Å². The van der Waals surface area contributed by atoms with Crippen molar-refractivity contribution in [2.24, 2.45) is 27.1 Å². The quantitative estimate of drug-likeness (QED) is 0.236. The Labute approximate surface area is 450 Å². The highest BCUT2D eigenvalue weighted by molar-refractivity contribution is 5.80. The van der Waals surface area contributed by atoms with Gasteiger partial charge < -0.3 is 33.8 Å². The zero-order valence-electron chi connectivity index (χ0n) is 53.3. The highest BCUT2D eigenvalue weighted by atomic mass is 16.6. The molecule has 0 bridgehead atoms. The first-order valence-corrected chi connectivity index (χ1v) is 27.8. The molecule has 5 aliphatic rings. The number of carbonyl (C=O) groups excluding carboxylic acids is 4. The monoisotopic (exact) mass is 1030 g/mol. The minimum absolute atomic E-state index is 0.0362. The number of amides is 4. The molecule has 12 nitrogen and oxygen atoms in total. The van der Waals surface area contributed by atoms with Crippen LogP contribution < -0.4 is 0 Å². The normalized spacial score (nSPS) is 24.3. The van der Waals surface area contributed by atoms with Gasteiger partial charge in [0.15, 0.2) is 5.88 Å². The lowest BCUT2D eigenvalue weighted by Crippen LogP contribution is -2.61. The Bertz CT molecular complexity index is 1640. The van der Waals surface area contributed by atoms with Crippen LogP contribution >= 0.6 is 0 Å². The lowest BCUT2D eigenvalue weighted by molar-refractivity contribution is -0.162. The molecule has 5 fully saturated rings. The van der Waals surface area contributed by atoms with E-state index in [9.17, 15) is 19.2 Å². The predicted molar refractivity (Wildman–Crippen MR) is 304 cm³/mol. The van der Waals surface area contributed by atoms with Gasteiger partial charge in [-0.1, -0.05) is 104 Å². The minimum atomic E-state index is -0.183. The molecule has 0 spiro atoms. The maximum Gasteiger partial charge on any atom is 0.410 e. The number of likely N-dealkylation sites (tertiary alicyclic amines) is 2. The molecule has 0 aliphatic carbocycles. The summed E-state index contributed by atoms with van der Waals surface area (Å²) in [6, 6.07) is 1.64. The molecular weight excluding hydrogens is 915 g/mol. The van der Waals surface area contributed by atoms with Crippen molar-refractivity contribution >= 4 is 23.8 Å². The number of hydrogen-bond donors (Lipinski definition) is 0. The van der Waals surface area contributed by atoms with E-state index in [0.29, 0.717) is 43.2 Å². The number of nitrogens with zero attached hydrogens (tertiary/aromatic N) is 5. The number of ether oxygens (including phenoxy) is 3. The molecule has 73 heavy (non-hydrogen) atoms. The summed E-state index contributed by atoms with van der Waals surface area (Å²) < 4.78 is 16.0. The zero-order chi connectivity index (χ0) is 57.9. The van der Waals surface area contributed by atoms with Gasteiger partial charge in [-0.2, -0.15) is 0 Å². The standard InChI is InChI=1S/2C13H25NO.C12H23NO2.C12H23NO.C11H21NO2/c1-10-14(13(5,6)7)11(8-9-15-10)12(2,3)4;1-12(2,3)10-8-7-9-11(15)14(10)13(4,5)6;1-11(2,3)9-7-15-8-10(14)13(9)12(4,5)6;1-11(2,3)9-7-8-10(14)13(9)12(4,5)6;1-10(2,3)8-7-14-9(13)12(8)11(4,5)6/h11H,1,8-9H2,2-7H3;10H,7-9H2,1-6H3;9H,7-8H2,1-6H3;9H,7-8H2,1-6H3;8H,7H2,1-6H3. The van der Waals surface area contributed by atoms with Gasteiger partial charge in [0.05, 0.1) is 25.3 Å². The van der Waals surface area contributed by atoms with Crippen molar-refractivity contribution in [1.82, 2.24) is 24.5 Å². The molecule has 5 atom stereocenters. The smallest absolute Gasteiger partial charge is 0.410 e. The van der Waals surface area contributed by atoms with E-state index in [0.717, 1.165) is 51.0 Å². The Kier molecular flexibility index (Phi) is 22.5. The van der Waals surface area contributed by atoms with E-state index in [4.69, 9.17) is 14.2 Å². The van der Waals surface area contributed by atoms with E-state index in [1.165, 1.54) is 0 Å². The Morgan fingerprint density at radius 3 is 1.01 bits per heavy atom. The second-order valence-corrected chi connectivity index (χ2v) is 31.8. The van der Waals surface area contributed by atoms with Crippen LogP contribution in [0.5, 0.6) is 0 Å². The summed E-state index contributed by atoms with van der Waals surface area (Å²) in [5.74, 6) is 1.58. The van der Waals surface area contributed by atoms with Crippen molar-refractivity contribution in [2.75, 3.05) is 26.4 Å². The topological polar surface area (TPSA) is 112 Å². The molecule has 428 valence electrons. The average Bonchev–Trinajstić information content (AvgIpc) is 3.77. The first kappa shape index (κ1) is 68.0. The Balaban J connectivity index is 0.000000456. The summed E-state index contributed by atoms with van der Waals surface area (Å²) in [4.78, 5) is 57.7. The summed E-state index contributed by atoms with van der Waals surface area (Å²) in [6.45, 7) is 71.0. The van der Waals surface area contributed by atoms with E-state index < -0.39 is 0 Å². The van der Waals surface area contributed by atoms with E-state index in [1.54, 1.807) is 0 Å². The molecule has 12 heteroatoms. The molecule has 5 saturated heterocycles. The van der Waals surface area contributed by atoms with Crippen molar-refractivity contribution in [3.63, 3.8) is 0 Å². The Morgan fingerprint density at radius 2 is 0.699 bits per heavy atom. The highest BCUT2D eigenvalue weighted by Crippen LogP contribution is 2.40. The largest absolute Gasteiger partial charge is 0.479 e. The number of rotatable bonds is 0. The maximum absolute atomic E-state index is 12.0. The van der Waals surface area contributed by atoms with Crippen molar-refractivity contribution in [3.05, 3.63) is 12.5 Å². The molecule has 4 amide bonds. The number of morpholine rings is 1. The fourth-order valence-corrected chi connectivity index (χ4v) is 11.1. The van der Waals surface area contributed by atoms with Gasteiger partial charge in [-0.3, -0.25) is 19.3 Å². The van der Waals surface area contributed by atoms with Crippen LogP contribution in [0.25, 0.3) is 0 Å². The van der Waals surface area contributed by atoms with E-state index in [2.05, 4.69) is 208 Å². The molecular formula is C61H117N5O7. The molecule has 0 aromatic heterocycles. The fraction of sp³-hybridized carbons (Fsp3) is 0.902. The molecule has 0 saturated carbocycles. The third kappa shape index (κ3) is 19.8. The molecule has 0 radical (unpaired) electrons. The van der Waals surface area contributed by atoms with E-state index in [-0.39, 0.29) is 85.5 Å². The molecule has 5 aliphatic heterocycles. The van der Waals surface area contributed by atoms with Crippen LogP contribution in [0.1, 0.15) is 246 Å². The van der Waals surface area contributed by atoms with Crippen LogP contribution in [0.15, 0.2) is 12.5 Å². The number of cyclic esters (lactones) is 1. The zero-order valence-corrected chi connectivity index (χ0v) is 53.3. The highest BCUT2D eigenvalue weighted by Gasteiger charge is 2.47. The van der Waals surface area contributed by atoms with Gasteiger partial charge in [0.1, 0.15) is 13.2 Å². The van der Waals surface area contributed by atoms with Gasteiger partial charge >= 0.3 is 6.09 Å². The summed E-state index contributed by atoms with van der Waals surface area (Å²) in [6.07, 6.45) is 5.56. The van der Waals surface area contributed by atoms with Crippen LogP contribution in [-0.4, -0.2) is 133 Å². The lowest BCUT2D eigenvalue weighted by Gasteiger charge is -2.51. The van der Waals surface area contributed by atoms with Crippen molar-refractivity contribution in [3.8, 4) is 0 Å². The van der Waals surface area contributed by atoms with Gasteiger partial charge in [-0.25, -0.2) is 4.79 Å². The first-order valence-electron chi connectivity index (χ1n) is 27.8. The SMILES string of the molecule is C=C1OCCC(C(C)(C)C)N1C(C)(C)C.CC(C)(C)C1CCC(=O)N1C(C)(C)C.CC(C)(C)C1CCCC(=O)N1C(C)(C)C.CC(C)(C)C1COC(=O)N1C(C)(C)C.CC(C)(C)C1COCC(=O)N1C(C)(C)C. The second-order valence-electron chi connectivity index (χ2n) is 31.8. The first-order chi connectivity index (χ1) is 32.2. The molecule has 0 N–H and O–H groups in total. The summed E-state index contributed by atoms with van der Waals surface area (Å²) in [5, 5.41) is 0. The molecule has 5 heterocycles. The van der Waals surface area contributed by atoms with Crippen molar-refractivity contribution in [1.29, 1.82) is 0 Å². The molecule has 0 aromatic carbocycles. The molecule has 5 unspecified atom stereocenters. The van der Waals surface area contributed by atoms with Crippen molar-refractivity contribution in [2.45, 2.75) is 304 Å². The summed E-state index contributed by atoms with van der Waals surface area (Å²) in [7, 11) is 0. The minimum Gasteiger partial charge on any atom is -0.479 e. The second kappa shape index (κ2) is 24.1. The van der Waals surface area contributed by atoms with Gasteiger partial charge in [0.25, 0.3) is 0 Å². The van der Waals surface area contributed by atoms with Crippen LogP contribution in [0.4, 0.5) is 4.79 Å². The van der Waals surface area contributed by atoms with E-state index in [1.807, 2.05) is 30.6 Å². The third-order valence-electron chi connectivity index (χ3n) is 14.5. The predicted octanol–water partition coefficient (Wildman–Crippen LogP) is 14.1. The van der Waals surface area contributed by atoms with Gasteiger partial charge in [0.2, 0.25) is 17.7 Å². The fourth-order valence-electron chi connectivity index (χ4n) is 11.1. The van der Waals surface area contributed by atoms with Crippen LogP contribution in [0.3, 0.4) is 0 Å². The Hall–Kier alpha value is -3.02. The van der Waals surface area contributed by atoms with E-state index >= 15 is 0 Å². The lowest BCUT2D eigenvalue weighted by atomic mass is 9.78. The van der Waals surface area contributed by atoms with Gasteiger partial charge in [-0.05, 0) is 157 Å². The molecule has 5 rings (SSSR count). The summed E-state index contributed by atoms with van der Waals surface area (Å²) >= 11 is 0. The molecule has 0 aromatic rings. The van der Waals surface area contributed by atoms with Crippen LogP contribution in [0.2, 0.25) is 0 Å². The number of piperidine rings is 1. The van der Waals surface area contributed by atoms with Crippen LogP contribution in [-0.2, 0) is 28.6 Å². The van der Waals surface area contributed by atoms with Crippen molar-refractivity contribution < 1.29 is 33.4 Å². The average molecular weight is 1030 g/mol. The third-order valence-corrected chi connectivity index (χ3v) is 14.5. The maximum atomic E-state index is 12.0. The Morgan fingerprint density at radius 1 is 0.370 bits per heavy atom. The van der Waals surface area contributed by atoms with Gasteiger partial charge in [0, 0.05) is 65.1 Å². The van der Waals surface area contributed by atoms with Gasteiger partial charge in [-0.15, -0.1) is 0 Å². The summed E-state index contributed by atoms with van der Waals surface area (Å²) in [5.41, 5.74) is 0.479.